The first-order chi connectivity index (χ1) is 8.67. The SMILES string of the molecule is COc1ccc(C(COC(C)=O)CSC#N)cc1. The van der Waals surface area contributed by atoms with Crippen LogP contribution in [0.5, 0.6) is 5.75 Å². The summed E-state index contributed by atoms with van der Waals surface area (Å²) in [6.07, 6.45) is 0. The molecule has 0 aromatic heterocycles. The van der Waals surface area contributed by atoms with Gasteiger partial charge < -0.3 is 9.47 Å². The Hall–Kier alpha value is -1.67. The van der Waals surface area contributed by atoms with Gasteiger partial charge in [-0.25, -0.2) is 0 Å². The van der Waals surface area contributed by atoms with Gasteiger partial charge in [0.25, 0.3) is 0 Å². The summed E-state index contributed by atoms with van der Waals surface area (Å²) in [6, 6.07) is 7.55. The summed E-state index contributed by atoms with van der Waals surface area (Å²) in [6.45, 7) is 1.67. The molecule has 0 fully saturated rings. The number of esters is 1. The van der Waals surface area contributed by atoms with Gasteiger partial charge in [-0.1, -0.05) is 12.1 Å². The summed E-state index contributed by atoms with van der Waals surface area (Å²) < 4.78 is 10.1. The van der Waals surface area contributed by atoms with E-state index in [4.69, 9.17) is 14.7 Å². The first-order valence-electron chi connectivity index (χ1n) is 5.45. The van der Waals surface area contributed by atoms with Crippen molar-refractivity contribution in [1.29, 1.82) is 5.26 Å². The van der Waals surface area contributed by atoms with E-state index in [2.05, 4.69) is 0 Å². The summed E-state index contributed by atoms with van der Waals surface area (Å²) in [7, 11) is 1.61. The second-order valence-electron chi connectivity index (χ2n) is 3.67. The average molecular weight is 265 g/mol. The number of thiocyanates is 1. The number of nitrogens with zero attached hydrogens (tertiary/aromatic N) is 1. The van der Waals surface area contributed by atoms with E-state index in [0.717, 1.165) is 23.1 Å². The molecule has 18 heavy (non-hydrogen) atoms. The lowest BCUT2D eigenvalue weighted by molar-refractivity contribution is -0.141. The molecule has 96 valence electrons. The number of hydrogen-bond acceptors (Lipinski definition) is 5. The van der Waals surface area contributed by atoms with E-state index in [1.165, 1.54) is 6.92 Å². The van der Waals surface area contributed by atoms with Crippen molar-refractivity contribution in [3.63, 3.8) is 0 Å². The van der Waals surface area contributed by atoms with Crippen LogP contribution in [0, 0.1) is 10.7 Å². The van der Waals surface area contributed by atoms with Crippen LogP contribution in [-0.4, -0.2) is 25.4 Å². The number of methoxy groups -OCH3 is 1. The Morgan fingerprint density at radius 3 is 2.61 bits per heavy atom. The molecule has 0 amide bonds. The molecule has 1 aromatic carbocycles. The van der Waals surface area contributed by atoms with Crippen molar-refractivity contribution in [3.8, 4) is 11.2 Å². The quantitative estimate of drug-likeness (QED) is 0.584. The van der Waals surface area contributed by atoms with Gasteiger partial charge in [0.1, 0.15) is 11.2 Å². The zero-order chi connectivity index (χ0) is 13.4. The third kappa shape index (κ3) is 4.68. The number of carbonyl (C=O) groups is 1. The third-order valence-electron chi connectivity index (χ3n) is 2.42. The number of carbonyl (C=O) groups excluding carboxylic acids is 1. The number of ether oxygens (including phenoxy) is 2. The van der Waals surface area contributed by atoms with Crippen LogP contribution < -0.4 is 4.74 Å². The van der Waals surface area contributed by atoms with E-state index < -0.39 is 0 Å². The van der Waals surface area contributed by atoms with E-state index in [1.54, 1.807) is 7.11 Å². The molecule has 0 aliphatic carbocycles. The first-order valence-corrected chi connectivity index (χ1v) is 6.44. The van der Waals surface area contributed by atoms with Crippen LogP contribution in [-0.2, 0) is 9.53 Å². The lowest BCUT2D eigenvalue weighted by Gasteiger charge is -2.15. The second-order valence-corrected chi connectivity index (χ2v) is 4.48. The zero-order valence-electron chi connectivity index (χ0n) is 10.4. The minimum atomic E-state index is -0.310. The van der Waals surface area contributed by atoms with Gasteiger partial charge in [0.2, 0.25) is 0 Å². The van der Waals surface area contributed by atoms with E-state index in [9.17, 15) is 4.79 Å². The number of thioether (sulfide) groups is 1. The summed E-state index contributed by atoms with van der Waals surface area (Å²) in [5.74, 6) is 1.08. The minimum absolute atomic E-state index is 0.0180. The third-order valence-corrected chi connectivity index (χ3v) is 3.12. The van der Waals surface area contributed by atoms with Crippen LogP contribution in [0.1, 0.15) is 18.4 Å². The van der Waals surface area contributed by atoms with Crippen molar-refractivity contribution in [3.05, 3.63) is 29.8 Å². The molecule has 1 unspecified atom stereocenters. The van der Waals surface area contributed by atoms with Crippen LogP contribution in [0.4, 0.5) is 0 Å². The Kier molecular flexibility index (Phi) is 6.09. The van der Waals surface area contributed by atoms with Gasteiger partial charge in [0.15, 0.2) is 0 Å². The highest BCUT2D eigenvalue weighted by atomic mass is 32.2. The fourth-order valence-electron chi connectivity index (χ4n) is 1.47. The molecular formula is C13H15NO3S. The van der Waals surface area contributed by atoms with Crippen molar-refractivity contribution >= 4 is 17.7 Å². The summed E-state index contributed by atoms with van der Waals surface area (Å²) >= 11 is 1.16. The standard InChI is InChI=1S/C13H15NO3S/c1-10(15)17-7-12(8-18-9-14)11-3-5-13(16-2)6-4-11/h3-6,12H,7-8H2,1-2H3. The van der Waals surface area contributed by atoms with Crippen LogP contribution >= 0.6 is 11.8 Å². The molecule has 0 saturated carbocycles. The molecule has 0 bridgehead atoms. The van der Waals surface area contributed by atoms with Crippen molar-refractivity contribution in [1.82, 2.24) is 0 Å². The van der Waals surface area contributed by atoms with E-state index in [1.807, 2.05) is 29.7 Å². The molecule has 5 heteroatoms. The highest BCUT2D eigenvalue weighted by Gasteiger charge is 2.13. The van der Waals surface area contributed by atoms with Crippen LogP contribution in [0.25, 0.3) is 0 Å². The molecule has 0 saturated heterocycles. The fourth-order valence-corrected chi connectivity index (χ4v) is 2.04. The molecule has 4 nitrogen and oxygen atoms in total. The fraction of sp³-hybridized carbons (Fsp3) is 0.385. The topological polar surface area (TPSA) is 59.3 Å². The highest BCUT2D eigenvalue weighted by molar-refractivity contribution is 8.03. The van der Waals surface area contributed by atoms with Gasteiger partial charge in [0, 0.05) is 18.6 Å². The van der Waals surface area contributed by atoms with Crippen molar-refractivity contribution in [2.75, 3.05) is 19.5 Å². The maximum absolute atomic E-state index is 10.8. The molecule has 1 aromatic rings. The molecule has 1 rings (SSSR count). The summed E-state index contributed by atoms with van der Waals surface area (Å²) in [5.41, 5.74) is 1.03. The molecule has 0 aliphatic heterocycles. The Morgan fingerprint density at radius 2 is 2.11 bits per heavy atom. The van der Waals surface area contributed by atoms with Crippen LogP contribution in [0.15, 0.2) is 24.3 Å². The Bertz CT molecular complexity index is 425. The Labute approximate surface area is 111 Å². The van der Waals surface area contributed by atoms with Gasteiger partial charge in [0.05, 0.1) is 13.7 Å². The first kappa shape index (κ1) is 14.4. The number of rotatable bonds is 6. The molecular weight excluding hydrogens is 250 g/mol. The van der Waals surface area contributed by atoms with Crippen molar-refractivity contribution < 1.29 is 14.3 Å². The maximum Gasteiger partial charge on any atom is 0.302 e. The van der Waals surface area contributed by atoms with E-state index >= 15 is 0 Å². The van der Waals surface area contributed by atoms with Gasteiger partial charge >= 0.3 is 5.97 Å². The zero-order valence-corrected chi connectivity index (χ0v) is 11.2. The van der Waals surface area contributed by atoms with Crippen LogP contribution in [0.3, 0.4) is 0 Å². The monoisotopic (exact) mass is 265 g/mol. The van der Waals surface area contributed by atoms with Gasteiger partial charge in [-0.15, -0.1) is 0 Å². The molecule has 0 spiro atoms. The van der Waals surface area contributed by atoms with Crippen molar-refractivity contribution in [2.24, 2.45) is 0 Å². The molecule has 0 radical (unpaired) electrons. The number of hydrogen-bond donors (Lipinski definition) is 0. The summed E-state index contributed by atoms with van der Waals surface area (Å²) in [4.78, 5) is 10.8. The Balaban J connectivity index is 2.73. The van der Waals surface area contributed by atoms with Gasteiger partial charge in [-0.2, -0.15) is 5.26 Å². The predicted octanol–water partition coefficient (Wildman–Crippen LogP) is 2.56. The molecule has 0 heterocycles. The van der Waals surface area contributed by atoms with Crippen molar-refractivity contribution in [2.45, 2.75) is 12.8 Å². The van der Waals surface area contributed by atoms with E-state index in [0.29, 0.717) is 5.75 Å². The molecule has 1 atom stereocenters. The molecule has 0 aliphatic rings. The van der Waals surface area contributed by atoms with Gasteiger partial charge in [-0.05, 0) is 29.5 Å². The normalized spacial score (nSPS) is 11.4. The second kappa shape index (κ2) is 7.62. The number of benzene rings is 1. The summed E-state index contributed by atoms with van der Waals surface area (Å²) in [5, 5.41) is 10.6. The Morgan fingerprint density at radius 1 is 1.44 bits per heavy atom. The lowest BCUT2D eigenvalue weighted by atomic mass is 10.0. The highest BCUT2D eigenvalue weighted by Crippen LogP contribution is 2.23. The maximum atomic E-state index is 10.8. The predicted molar refractivity (Wildman–Crippen MR) is 70.4 cm³/mol. The lowest BCUT2D eigenvalue weighted by Crippen LogP contribution is -2.13. The van der Waals surface area contributed by atoms with E-state index in [-0.39, 0.29) is 18.5 Å². The van der Waals surface area contributed by atoms with Crippen LogP contribution in [0.2, 0.25) is 0 Å². The number of nitriles is 1. The largest absolute Gasteiger partial charge is 0.497 e. The molecule has 0 N–H and O–H groups in total. The minimum Gasteiger partial charge on any atom is -0.497 e. The van der Waals surface area contributed by atoms with Gasteiger partial charge in [-0.3, -0.25) is 4.79 Å². The average Bonchev–Trinajstić information content (AvgIpc) is 2.39. The smallest absolute Gasteiger partial charge is 0.302 e.